The largest absolute Gasteiger partial charge is 0.432 e. The van der Waals surface area contributed by atoms with E-state index in [-0.39, 0.29) is 11.4 Å². The Hall–Kier alpha value is -3.29. The molecular formula is C18H13F3N2O3. The molecule has 1 N–H and O–H groups in total. The Morgan fingerprint density at radius 3 is 2.58 bits per heavy atom. The Kier molecular flexibility index (Phi) is 4.92. The van der Waals surface area contributed by atoms with Crippen molar-refractivity contribution in [2.24, 2.45) is 0 Å². The number of aryl methyl sites for hydroxylation is 1. The summed E-state index contributed by atoms with van der Waals surface area (Å²) < 4.78 is 47.4. The maximum Gasteiger partial charge on any atom is 0.387 e. The number of halogens is 3. The second-order valence-corrected chi connectivity index (χ2v) is 5.42. The molecule has 3 aromatic rings. The molecule has 26 heavy (non-hydrogen) atoms. The van der Waals surface area contributed by atoms with Gasteiger partial charge in [-0.1, -0.05) is 35.0 Å². The van der Waals surface area contributed by atoms with Crippen LogP contribution in [0.3, 0.4) is 0 Å². The van der Waals surface area contributed by atoms with Crippen LogP contribution in [0.5, 0.6) is 5.75 Å². The smallest absolute Gasteiger partial charge is 0.387 e. The average molecular weight is 362 g/mol. The zero-order valence-corrected chi connectivity index (χ0v) is 13.5. The number of hydrogen-bond acceptors (Lipinski definition) is 4. The van der Waals surface area contributed by atoms with Gasteiger partial charge in [0, 0.05) is 17.7 Å². The summed E-state index contributed by atoms with van der Waals surface area (Å²) in [5.41, 5.74) is 1.62. The van der Waals surface area contributed by atoms with Crippen molar-refractivity contribution < 1.29 is 27.2 Å². The van der Waals surface area contributed by atoms with E-state index in [0.29, 0.717) is 5.76 Å². The van der Waals surface area contributed by atoms with Gasteiger partial charge in [0.05, 0.1) is 5.69 Å². The van der Waals surface area contributed by atoms with Gasteiger partial charge in [0.1, 0.15) is 5.82 Å². The lowest BCUT2D eigenvalue weighted by molar-refractivity contribution is -0.0495. The van der Waals surface area contributed by atoms with Crippen molar-refractivity contribution in [3.05, 3.63) is 65.6 Å². The predicted octanol–water partition coefficient (Wildman–Crippen LogP) is 4.64. The summed E-state index contributed by atoms with van der Waals surface area (Å²) in [4.78, 5) is 12.3. The Bertz CT molecular complexity index is 924. The van der Waals surface area contributed by atoms with Crippen LogP contribution in [0.2, 0.25) is 0 Å². The van der Waals surface area contributed by atoms with Crippen molar-refractivity contribution in [3.8, 4) is 17.1 Å². The van der Waals surface area contributed by atoms with Gasteiger partial charge in [0.15, 0.2) is 17.2 Å². The van der Waals surface area contributed by atoms with Crippen LogP contribution in [0.4, 0.5) is 18.9 Å². The number of ether oxygens (including phenoxy) is 1. The molecule has 0 atom stereocenters. The quantitative estimate of drug-likeness (QED) is 0.718. The van der Waals surface area contributed by atoms with E-state index < -0.39 is 24.1 Å². The summed E-state index contributed by atoms with van der Waals surface area (Å²) >= 11 is 0. The standard InChI is InChI=1S/C18H13F3N2O3/c1-10-2-4-11(5-3-10)15-9-14(23-26-15)17(24)22-13-7-6-12(19)8-16(13)25-18(20)21/h2-9,18H,1H3,(H,22,24). The molecule has 0 aliphatic carbocycles. The summed E-state index contributed by atoms with van der Waals surface area (Å²) in [6.07, 6.45) is 0. The minimum atomic E-state index is -3.16. The van der Waals surface area contributed by atoms with Crippen molar-refractivity contribution in [1.29, 1.82) is 0 Å². The van der Waals surface area contributed by atoms with Crippen LogP contribution in [0.15, 0.2) is 53.1 Å². The Balaban J connectivity index is 1.80. The van der Waals surface area contributed by atoms with E-state index in [2.05, 4.69) is 15.2 Å². The van der Waals surface area contributed by atoms with E-state index >= 15 is 0 Å². The third-order valence-corrected chi connectivity index (χ3v) is 3.49. The van der Waals surface area contributed by atoms with Gasteiger partial charge in [0.25, 0.3) is 5.91 Å². The molecule has 134 valence electrons. The molecule has 0 unspecified atom stereocenters. The molecule has 0 aliphatic heterocycles. The van der Waals surface area contributed by atoms with Gasteiger partial charge < -0.3 is 14.6 Å². The van der Waals surface area contributed by atoms with E-state index in [0.717, 1.165) is 29.3 Å². The first kappa shape index (κ1) is 17.5. The highest BCUT2D eigenvalue weighted by molar-refractivity contribution is 6.04. The number of aromatic nitrogens is 1. The highest BCUT2D eigenvalue weighted by atomic mass is 19.3. The number of nitrogens with zero attached hydrogens (tertiary/aromatic N) is 1. The molecule has 0 spiro atoms. The van der Waals surface area contributed by atoms with E-state index in [1.165, 1.54) is 6.07 Å². The summed E-state index contributed by atoms with van der Waals surface area (Å²) in [5, 5.41) is 6.02. The average Bonchev–Trinajstić information content (AvgIpc) is 3.07. The van der Waals surface area contributed by atoms with Gasteiger partial charge >= 0.3 is 6.61 Å². The normalized spacial score (nSPS) is 10.8. The number of rotatable bonds is 5. The molecule has 1 heterocycles. The molecule has 2 aromatic carbocycles. The maximum atomic E-state index is 13.2. The van der Waals surface area contributed by atoms with E-state index in [4.69, 9.17) is 4.52 Å². The minimum Gasteiger partial charge on any atom is -0.432 e. The molecule has 3 rings (SSSR count). The second kappa shape index (κ2) is 7.30. The van der Waals surface area contributed by atoms with Gasteiger partial charge in [-0.3, -0.25) is 4.79 Å². The van der Waals surface area contributed by atoms with E-state index in [9.17, 15) is 18.0 Å². The third-order valence-electron chi connectivity index (χ3n) is 3.49. The molecule has 0 radical (unpaired) electrons. The van der Waals surface area contributed by atoms with Crippen LogP contribution in [0.25, 0.3) is 11.3 Å². The Morgan fingerprint density at radius 2 is 1.88 bits per heavy atom. The highest BCUT2D eigenvalue weighted by Crippen LogP contribution is 2.28. The minimum absolute atomic E-state index is 0.0621. The first-order valence-electron chi connectivity index (χ1n) is 7.52. The van der Waals surface area contributed by atoms with Gasteiger partial charge in [-0.15, -0.1) is 0 Å². The van der Waals surface area contributed by atoms with Crippen molar-refractivity contribution in [3.63, 3.8) is 0 Å². The fraction of sp³-hybridized carbons (Fsp3) is 0.111. The zero-order valence-electron chi connectivity index (χ0n) is 13.5. The van der Waals surface area contributed by atoms with Crippen LogP contribution in [-0.2, 0) is 0 Å². The molecule has 8 heteroatoms. The Morgan fingerprint density at radius 1 is 1.15 bits per heavy atom. The number of alkyl halides is 2. The molecule has 1 amide bonds. The first-order chi connectivity index (χ1) is 12.4. The van der Waals surface area contributed by atoms with Crippen LogP contribution in [-0.4, -0.2) is 17.7 Å². The third kappa shape index (κ3) is 4.02. The first-order valence-corrected chi connectivity index (χ1v) is 7.52. The number of benzene rings is 2. The number of anilines is 1. The fourth-order valence-corrected chi connectivity index (χ4v) is 2.22. The molecule has 0 aliphatic rings. The number of amides is 1. The summed E-state index contributed by atoms with van der Waals surface area (Å²) in [6, 6.07) is 11.7. The lowest BCUT2D eigenvalue weighted by Crippen LogP contribution is -2.14. The van der Waals surface area contributed by atoms with Gasteiger partial charge in [-0.2, -0.15) is 8.78 Å². The molecular weight excluding hydrogens is 349 g/mol. The lowest BCUT2D eigenvalue weighted by Gasteiger charge is -2.11. The monoisotopic (exact) mass is 362 g/mol. The molecule has 5 nitrogen and oxygen atoms in total. The number of carbonyl (C=O) groups is 1. The van der Waals surface area contributed by atoms with Crippen LogP contribution in [0.1, 0.15) is 16.1 Å². The summed E-state index contributed by atoms with van der Waals surface area (Å²) in [6.45, 7) is -1.22. The fourth-order valence-electron chi connectivity index (χ4n) is 2.22. The molecule has 0 fully saturated rings. The van der Waals surface area contributed by atoms with Gasteiger partial charge in [0.2, 0.25) is 0 Å². The van der Waals surface area contributed by atoms with Crippen molar-refractivity contribution in [2.45, 2.75) is 13.5 Å². The molecule has 1 aromatic heterocycles. The van der Waals surface area contributed by atoms with Crippen LogP contribution < -0.4 is 10.1 Å². The number of nitrogens with one attached hydrogen (secondary N) is 1. The highest BCUT2D eigenvalue weighted by Gasteiger charge is 2.17. The molecule has 0 saturated heterocycles. The van der Waals surface area contributed by atoms with Crippen molar-refractivity contribution >= 4 is 11.6 Å². The summed E-state index contributed by atoms with van der Waals surface area (Å²) in [7, 11) is 0. The molecule has 0 bridgehead atoms. The second-order valence-electron chi connectivity index (χ2n) is 5.42. The number of hydrogen-bond donors (Lipinski definition) is 1. The summed E-state index contributed by atoms with van der Waals surface area (Å²) in [5.74, 6) is -1.60. The van der Waals surface area contributed by atoms with Crippen LogP contribution in [0, 0.1) is 12.7 Å². The topological polar surface area (TPSA) is 64.4 Å². The Labute approximate surface area is 146 Å². The van der Waals surface area contributed by atoms with E-state index in [1.807, 2.05) is 31.2 Å². The maximum absolute atomic E-state index is 13.2. The van der Waals surface area contributed by atoms with Gasteiger partial charge in [-0.25, -0.2) is 4.39 Å². The molecule has 0 saturated carbocycles. The number of carbonyl (C=O) groups excluding carboxylic acids is 1. The lowest BCUT2D eigenvalue weighted by atomic mass is 10.1. The van der Waals surface area contributed by atoms with Crippen LogP contribution >= 0.6 is 0 Å². The zero-order chi connectivity index (χ0) is 18.7. The van der Waals surface area contributed by atoms with Crippen molar-refractivity contribution in [2.75, 3.05) is 5.32 Å². The van der Waals surface area contributed by atoms with E-state index in [1.54, 1.807) is 0 Å². The van der Waals surface area contributed by atoms with Crippen molar-refractivity contribution in [1.82, 2.24) is 5.16 Å². The SMILES string of the molecule is Cc1ccc(-c2cc(C(=O)Nc3ccc(F)cc3OC(F)F)no2)cc1. The van der Waals surface area contributed by atoms with Gasteiger partial charge in [-0.05, 0) is 19.1 Å². The predicted molar refractivity (Wildman–Crippen MR) is 87.7 cm³/mol.